The van der Waals surface area contributed by atoms with E-state index in [4.69, 9.17) is 0 Å². The first-order valence-electron chi connectivity index (χ1n) is 6.14. The number of carbonyl (C=O) groups is 1. The first-order valence-corrected chi connectivity index (χ1v) is 6.14. The Hall–Kier alpha value is -2.50. The van der Waals surface area contributed by atoms with Crippen molar-refractivity contribution in [1.29, 1.82) is 0 Å². The minimum Gasteiger partial charge on any atom is -0.349 e. The van der Waals surface area contributed by atoms with Crippen LogP contribution in [0.3, 0.4) is 0 Å². The number of H-pyrrole nitrogens is 1. The molecule has 1 aromatic carbocycles. The van der Waals surface area contributed by atoms with Crippen molar-refractivity contribution in [1.82, 2.24) is 15.3 Å². The molecule has 0 atom stereocenters. The van der Waals surface area contributed by atoms with E-state index in [1.807, 2.05) is 13.8 Å². The standard InChI is InChI=1S/C14H14FN3O2/c1-8(2)16-13(19)12-7-11(17-14(20)18-12)9-3-5-10(15)6-4-9/h3-8H,1-2H3,(H,16,19)(H,17,18,20). The lowest BCUT2D eigenvalue weighted by molar-refractivity contribution is 0.0937. The Balaban J connectivity index is 2.41. The summed E-state index contributed by atoms with van der Waals surface area (Å²) >= 11 is 0. The van der Waals surface area contributed by atoms with Gasteiger partial charge in [-0.1, -0.05) is 0 Å². The van der Waals surface area contributed by atoms with Crippen molar-refractivity contribution in [2.45, 2.75) is 19.9 Å². The maximum Gasteiger partial charge on any atom is 0.346 e. The fourth-order valence-corrected chi connectivity index (χ4v) is 1.69. The molecule has 0 fully saturated rings. The Morgan fingerprint density at radius 3 is 2.55 bits per heavy atom. The number of amides is 1. The van der Waals surface area contributed by atoms with Gasteiger partial charge >= 0.3 is 5.69 Å². The fraction of sp³-hybridized carbons (Fsp3) is 0.214. The maximum absolute atomic E-state index is 12.9. The molecular formula is C14H14FN3O2. The van der Waals surface area contributed by atoms with Crippen molar-refractivity contribution in [3.63, 3.8) is 0 Å². The van der Waals surface area contributed by atoms with Crippen molar-refractivity contribution in [3.8, 4) is 11.3 Å². The molecule has 0 unspecified atom stereocenters. The van der Waals surface area contributed by atoms with Crippen molar-refractivity contribution in [2.75, 3.05) is 0 Å². The second kappa shape index (κ2) is 5.64. The van der Waals surface area contributed by atoms with E-state index >= 15 is 0 Å². The quantitative estimate of drug-likeness (QED) is 0.895. The zero-order valence-corrected chi connectivity index (χ0v) is 11.1. The summed E-state index contributed by atoms with van der Waals surface area (Å²) in [5.74, 6) is -0.765. The minimum atomic E-state index is -0.624. The van der Waals surface area contributed by atoms with Gasteiger partial charge in [-0.25, -0.2) is 9.18 Å². The van der Waals surface area contributed by atoms with Crippen LogP contribution in [0.1, 0.15) is 24.3 Å². The van der Waals surface area contributed by atoms with Gasteiger partial charge < -0.3 is 10.3 Å². The van der Waals surface area contributed by atoms with Gasteiger partial charge in [0.2, 0.25) is 0 Å². The molecule has 0 saturated carbocycles. The highest BCUT2D eigenvalue weighted by Crippen LogP contribution is 2.16. The summed E-state index contributed by atoms with van der Waals surface area (Å²) in [5.41, 5.74) is 0.387. The van der Waals surface area contributed by atoms with E-state index in [9.17, 15) is 14.0 Å². The summed E-state index contributed by atoms with van der Waals surface area (Å²) in [5, 5.41) is 2.68. The van der Waals surface area contributed by atoms with Gasteiger partial charge in [0.15, 0.2) is 0 Å². The van der Waals surface area contributed by atoms with Crippen molar-refractivity contribution < 1.29 is 9.18 Å². The van der Waals surface area contributed by atoms with Gasteiger partial charge in [-0.2, -0.15) is 4.98 Å². The van der Waals surface area contributed by atoms with Crippen LogP contribution in [0.15, 0.2) is 35.1 Å². The van der Waals surface area contributed by atoms with Gasteiger partial charge in [0.25, 0.3) is 5.91 Å². The normalized spacial score (nSPS) is 10.6. The molecule has 2 N–H and O–H groups in total. The Labute approximate surface area is 114 Å². The smallest absolute Gasteiger partial charge is 0.346 e. The van der Waals surface area contributed by atoms with Crippen molar-refractivity contribution >= 4 is 5.91 Å². The molecule has 0 radical (unpaired) electrons. The SMILES string of the molecule is CC(C)NC(=O)c1cc(-c2ccc(F)cc2)nc(=O)[nH]1. The van der Waals surface area contributed by atoms with Gasteiger partial charge in [0, 0.05) is 11.6 Å². The molecule has 0 aliphatic rings. The van der Waals surface area contributed by atoms with Crippen LogP contribution < -0.4 is 11.0 Å². The van der Waals surface area contributed by atoms with Gasteiger partial charge in [-0.3, -0.25) is 4.79 Å². The third-order valence-corrected chi connectivity index (χ3v) is 2.55. The molecule has 1 heterocycles. The van der Waals surface area contributed by atoms with Gasteiger partial charge in [-0.15, -0.1) is 0 Å². The zero-order chi connectivity index (χ0) is 14.7. The van der Waals surface area contributed by atoms with E-state index in [1.54, 1.807) is 0 Å². The monoisotopic (exact) mass is 275 g/mol. The highest BCUT2D eigenvalue weighted by atomic mass is 19.1. The summed E-state index contributed by atoms with van der Waals surface area (Å²) in [7, 11) is 0. The van der Waals surface area contributed by atoms with Crippen LogP contribution >= 0.6 is 0 Å². The number of aromatic amines is 1. The maximum atomic E-state index is 12.9. The average Bonchev–Trinajstić information content (AvgIpc) is 2.38. The Bertz CT molecular complexity index is 678. The molecular weight excluding hydrogens is 261 g/mol. The predicted octanol–water partition coefficient (Wildman–Crippen LogP) is 1.71. The van der Waals surface area contributed by atoms with Crippen molar-refractivity contribution in [3.05, 3.63) is 52.3 Å². The molecule has 1 amide bonds. The van der Waals surface area contributed by atoms with Gasteiger partial charge in [-0.05, 0) is 44.2 Å². The van der Waals surface area contributed by atoms with E-state index in [0.717, 1.165) is 0 Å². The topological polar surface area (TPSA) is 74.8 Å². The molecule has 2 aromatic rings. The van der Waals surface area contributed by atoms with E-state index in [0.29, 0.717) is 11.3 Å². The van der Waals surface area contributed by atoms with Crippen LogP contribution in [0.5, 0.6) is 0 Å². The number of benzene rings is 1. The second-order valence-electron chi connectivity index (χ2n) is 4.62. The summed E-state index contributed by atoms with van der Waals surface area (Å²) in [4.78, 5) is 29.6. The van der Waals surface area contributed by atoms with Gasteiger partial charge in [0.1, 0.15) is 11.5 Å². The number of hydrogen-bond donors (Lipinski definition) is 2. The van der Waals surface area contributed by atoms with Crippen LogP contribution in [0.4, 0.5) is 4.39 Å². The molecule has 2 rings (SSSR count). The molecule has 0 saturated heterocycles. The Morgan fingerprint density at radius 2 is 1.95 bits per heavy atom. The molecule has 6 heteroatoms. The second-order valence-corrected chi connectivity index (χ2v) is 4.62. The number of hydrogen-bond acceptors (Lipinski definition) is 3. The fourth-order valence-electron chi connectivity index (χ4n) is 1.69. The highest BCUT2D eigenvalue weighted by molar-refractivity contribution is 5.93. The molecule has 0 aliphatic heterocycles. The third kappa shape index (κ3) is 3.28. The molecule has 104 valence electrons. The summed E-state index contributed by atoms with van der Waals surface area (Å²) in [6.45, 7) is 3.64. The van der Waals surface area contributed by atoms with Crippen LogP contribution in [-0.2, 0) is 0 Å². The molecule has 0 aliphatic carbocycles. The molecule has 0 spiro atoms. The molecule has 0 bridgehead atoms. The summed E-state index contributed by atoms with van der Waals surface area (Å²) in [6, 6.07) is 6.96. The van der Waals surface area contributed by atoms with Crippen molar-refractivity contribution in [2.24, 2.45) is 0 Å². The van der Waals surface area contributed by atoms with E-state index < -0.39 is 5.69 Å². The summed E-state index contributed by atoms with van der Waals surface area (Å²) in [6.07, 6.45) is 0. The number of carbonyl (C=O) groups excluding carboxylic acids is 1. The lowest BCUT2D eigenvalue weighted by atomic mass is 10.1. The minimum absolute atomic E-state index is 0.0477. The lowest BCUT2D eigenvalue weighted by Gasteiger charge is -2.08. The largest absolute Gasteiger partial charge is 0.349 e. The Kier molecular flexibility index (Phi) is 3.93. The van der Waals surface area contributed by atoms with Crippen LogP contribution in [0, 0.1) is 5.82 Å². The number of aromatic nitrogens is 2. The van der Waals surface area contributed by atoms with E-state index in [2.05, 4.69) is 15.3 Å². The van der Waals surface area contributed by atoms with Gasteiger partial charge in [0.05, 0.1) is 5.69 Å². The predicted molar refractivity (Wildman–Crippen MR) is 72.9 cm³/mol. The van der Waals surface area contributed by atoms with Crippen LogP contribution in [0.25, 0.3) is 11.3 Å². The highest BCUT2D eigenvalue weighted by Gasteiger charge is 2.11. The van der Waals surface area contributed by atoms with Crippen LogP contribution in [-0.4, -0.2) is 21.9 Å². The zero-order valence-electron chi connectivity index (χ0n) is 11.1. The first-order chi connectivity index (χ1) is 9.45. The summed E-state index contributed by atoms with van der Waals surface area (Å²) < 4.78 is 12.9. The van der Waals surface area contributed by atoms with E-state index in [-0.39, 0.29) is 23.5 Å². The number of halogens is 1. The molecule has 20 heavy (non-hydrogen) atoms. The molecule has 5 nitrogen and oxygen atoms in total. The van der Waals surface area contributed by atoms with E-state index in [1.165, 1.54) is 30.3 Å². The number of nitrogens with zero attached hydrogens (tertiary/aromatic N) is 1. The number of rotatable bonds is 3. The first kappa shape index (κ1) is 13.9. The lowest BCUT2D eigenvalue weighted by Crippen LogP contribution is -2.32. The number of nitrogens with one attached hydrogen (secondary N) is 2. The molecule has 1 aromatic heterocycles. The van der Waals surface area contributed by atoms with Crippen LogP contribution in [0.2, 0.25) is 0 Å². The Morgan fingerprint density at radius 1 is 1.30 bits per heavy atom. The third-order valence-electron chi connectivity index (χ3n) is 2.55. The average molecular weight is 275 g/mol.